The number of nitro benzene ring substituents is 1. The normalized spacial score (nSPS) is 11.6. The number of carbonyl (C=O) groups is 1. The van der Waals surface area contributed by atoms with E-state index in [0.717, 1.165) is 5.52 Å². The summed E-state index contributed by atoms with van der Waals surface area (Å²) in [6.45, 7) is 4.14. The second-order valence-electron chi connectivity index (χ2n) is 5.12. The summed E-state index contributed by atoms with van der Waals surface area (Å²) < 4.78 is 2.47. The highest BCUT2D eigenvalue weighted by Gasteiger charge is 2.12. The quantitative estimate of drug-likeness (QED) is 0.391. The fourth-order valence-corrected chi connectivity index (χ4v) is 3.60. The Hall–Kier alpha value is -2.77. The van der Waals surface area contributed by atoms with Gasteiger partial charge >= 0.3 is 0 Å². The Morgan fingerprint density at radius 2 is 2.16 bits per heavy atom. The molecule has 1 aromatic heterocycles. The molecule has 0 bridgehead atoms. The van der Waals surface area contributed by atoms with Crippen molar-refractivity contribution in [2.75, 3.05) is 0 Å². The molecule has 6 nitrogen and oxygen atoms in total. The van der Waals surface area contributed by atoms with E-state index in [0.29, 0.717) is 26.6 Å². The van der Waals surface area contributed by atoms with Crippen LogP contribution in [0, 0.1) is 10.1 Å². The van der Waals surface area contributed by atoms with Crippen LogP contribution in [0.4, 0.5) is 5.69 Å². The molecule has 0 spiro atoms. The molecule has 3 rings (SSSR count). The van der Waals surface area contributed by atoms with Gasteiger partial charge in [0, 0.05) is 29.3 Å². The second kappa shape index (κ2) is 7.00. The standard InChI is InChI=1S/C17H12ClN3O3S/c1-2-8-20-14-7-6-13(21(23)24)10-15(14)25-17(20)19-16(22)11-4-3-5-12(18)9-11/h2-7,9-10H,1,8H2. The summed E-state index contributed by atoms with van der Waals surface area (Å²) in [5.74, 6) is -0.429. The summed E-state index contributed by atoms with van der Waals surface area (Å²) in [6.07, 6.45) is 1.68. The van der Waals surface area contributed by atoms with Crippen molar-refractivity contribution in [1.29, 1.82) is 0 Å². The van der Waals surface area contributed by atoms with Crippen molar-refractivity contribution in [3.63, 3.8) is 0 Å². The number of rotatable bonds is 4. The fourth-order valence-electron chi connectivity index (χ4n) is 2.34. The van der Waals surface area contributed by atoms with Gasteiger partial charge in [0.25, 0.3) is 11.6 Å². The third-order valence-electron chi connectivity index (χ3n) is 3.46. The number of fused-ring (bicyclic) bond motifs is 1. The summed E-state index contributed by atoms with van der Waals surface area (Å²) in [4.78, 5) is 27.5. The molecular weight excluding hydrogens is 362 g/mol. The van der Waals surface area contributed by atoms with Crippen LogP contribution in [0.25, 0.3) is 10.2 Å². The van der Waals surface area contributed by atoms with Crippen molar-refractivity contribution in [3.8, 4) is 0 Å². The first kappa shape index (κ1) is 17.1. The van der Waals surface area contributed by atoms with E-state index in [-0.39, 0.29) is 5.69 Å². The number of halogens is 1. The van der Waals surface area contributed by atoms with Crippen LogP contribution < -0.4 is 4.80 Å². The highest BCUT2D eigenvalue weighted by Crippen LogP contribution is 2.23. The summed E-state index contributed by atoms with van der Waals surface area (Å²) in [7, 11) is 0. The molecule has 0 unspecified atom stereocenters. The average Bonchev–Trinajstić information content (AvgIpc) is 2.92. The second-order valence-corrected chi connectivity index (χ2v) is 6.57. The Labute approximate surface area is 151 Å². The van der Waals surface area contributed by atoms with Gasteiger partial charge in [-0.1, -0.05) is 35.1 Å². The molecule has 3 aromatic rings. The predicted octanol–water partition coefficient (Wildman–Crippen LogP) is 4.19. The number of allylic oxidation sites excluding steroid dienone is 1. The van der Waals surface area contributed by atoms with Crippen molar-refractivity contribution in [1.82, 2.24) is 4.57 Å². The number of aromatic nitrogens is 1. The van der Waals surface area contributed by atoms with Crippen molar-refractivity contribution >= 4 is 44.7 Å². The zero-order valence-electron chi connectivity index (χ0n) is 12.9. The summed E-state index contributed by atoms with van der Waals surface area (Å²) in [5.41, 5.74) is 1.13. The smallest absolute Gasteiger partial charge is 0.279 e. The maximum absolute atomic E-state index is 12.4. The van der Waals surface area contributed by atoms with Crippen LogP contribution in [-0.4, -0.2) is 15.4 Å². The Balaban J connectivity index is 2.16. The van der Waals surface area contributed by atoms with E-state index in [1.807, 2.05) is 0 Å². The van der Waals surface area contributed by atoms with Gasteiger partial charge in [-0.05, 0) is 24.3 Å². The molecule has 0 N–H and O–H groups in total. The maximum Gasteiger partial charge on any atom is 0.279 e. The lowest BCUT2D eigenvalue weighted by atomic mass is 10.2. The number of non-ortho nitro benzene ring substituents is 1. The molecule has 0 fully saturated rings. The lowest BCUT2D eigenvalue weighted by molar-refractivity contribution is -0.384. The number of benzene rings is 2. The molecule has 0 atom stereocenters. The molecule has 0 saturated carbocycles. The van der Waals surface area contributed by atoms with Crippen LogP contribution in [0.5, 0.6) is 0 Å². The van der Waals surface area contributed by atoms with Crippen LogP contribution in [0.2, 0.25) is 5.02 Å². The first-order valence-electron chi connectivity index (χ1n) is 7.23. The van der Waals surface area contributed by atoms with Crippen LogP contribution >= 0.6 is 22.9 Å². The number of hydrogen-bond acceptors (Lipinski definition) is 4. The summed E-state index contributed by atoms with van der Waals surface area (Å²) in [6, 6.07) is 11.1. The van der Waals surface area contributed by atoms with Crippen LogP contribution in [0.1, 0.15) is 10.4 Å². The van der Waals surface area contributed by atoms with Crippen molar-refractivity contribution in [2.45, 2.75) is 6.54 Å². The van der Waals surface area contributed by atoms with Crippen molar-refractivity contribution in [3.05, 3.63) is 80.6 Å². The third-order valence-corrected chi connectivity index (χ3v) is 4.73. The monoisotopic (exact) mass is 373 g/mol. The molecule has 25 heavy (non-hydrogen) atoms. The molecule has 2 aromatic carbocycles. The molecule has 0 aliphatic carbocycles. The van der Waals surface area contributed by atoms with Crippen LogP contribution in [0.15, 0.2) is 60.1 Å². The van der Waals surface area contributed by atoms with Gasteiger partial charge in [-0.3, -0.25) is 14.9 Å². The topological polar surface area (TPSA) is 77.5 Å². The Morgan fingerprint density at radius 1 is 1.36 bits per heavy atom. The summed E-state index contributed by atoms with van der Waals surface area (Å²) in [5, 5.41) is 11.4. The number of amides is 1. The average molecular weight is 374 g/mol. The lowest BCUT2D eigenvalue weighted by Gasteiger charge is -2.01. The minimum Gasteiger partial charge on any atom is -0.312 e. The first-order chi connectivity index (χ1) is 12.0. The largest absolute Gasteiger partial charge is 0.312 e. The molecular formula is C17H12ClN3O3S. The number of carbonyl (C=O) groups excluding carboxylic acids is 1. The van der Waals surface area contributed by atoms with E-state index in [4.69, 9.17) is 11.6 Å². The third kappa shape index (κ3) is 3.52. The Bertz CT molecular complexity index is 1070. The molecule has 1 amide bonds. The molecule has 0 aliphatic heterocycles. The predicted molar refractivity (Wildman–Crippen MR) is 98.0 cm³/mol. The van der Waals surface area contributed by atoms with Gasteiger partial charge < -0.3 is 4.57 Å². The number of nitrogens with zero attached hydrogens (tertiary/aromatic N) is 3. The molecule has 0 radical (unpaired) electrons. The van der Waals surface area contributed by atoms with Gasteiger partial charge in [-0.25, -0.2) is 0 Å². The van der Waals surface area contributed by atoms with Gasteiger partial charge in [0.1, 0.15) is 0 Å². The molecule has 1 heterocycles. The first-order valence-corrected chi connectivity index (χ1v) is 8.42. The van der Waals surface area contributed by atoms with E-state index < -0.39 is 10.8 Å². The van der Waals surface area contributed by atoms with Gasteiger partial charge in [-0.2, -0.15) is 4.99 Å². The zero-order valence-corrected chi connectivity index (χ0v) is 14.5. The number of thiazole rings is 1. The van der Waals surface area contributed by atoms with E-state index in [2.05, 4.69) is 11.6 Å². The van der Waals surface area contributed by atoms with Crippen LogP contribution in [-0.2, 0) is 6.54 Å². The molecule has 0 aliphatic rings. The highest BCUT2D eigenvalue weighted by atomic mass is 35.5. The maximum atomic E-state index is 12.4. The van der Waals surface area contributed by atoms with E-state index in [9.17, 15) is 14.9 Å². The zero-order chi connectivity index (χ0) is 18.0. The number of nitro groups is 1. The highest BCUT2D eigenvalue weighted by molar-refractivity contribution is 7.16. The SMILES string of the molecule is C=CCn1c(=NC(=O)c2cccc(Cl)c2)sc2cc([N+](=O)[O-])ccc21. The van der Waals surface area contributed by atoms with E-state index >= 15 is 0 Å². The Kier molecular flexibility index (Phi) is 4.78. The van der Waals surface area contributed by atoms with Gasteiger partial charge in [-0.15, -0.1) is 6.58 Å². The van der Waals surface area contributed by atoms with E-state index in [1.165, 1.54) is 23.5 Å². The van der Waals surface area contributed by atoms with E-state index in [1.54, 1.807) is 41.0 Å². The molecule has 0 saturated heterocycles. The van der Waals surface area contributed by atoms with Gasteiger partial charge in [0.05, 0.1) is 15.1 Å². The minimum atomic E-state index is -0.453. The molecule has 126 valence electrons. The van der Waals surface area contributed by atoms with Crippen molar-refractivity contribution in [2.24, 2.45) is 4.99 Å². The number of hydrogen-bond donors (Lipinski definition) is 0. The van der Waals surface area contributed by atoms with Gasteiger partial charge in [0.2, 0.25) is 0 Å². The van der Waals surface area contributed by atoms with Gasteiger partial charge in [0.15, 0.2) is 4.80 Å². The fraction of sp³-hybridized carbons (Fsp3) is 0.0588. The molecule has 8 heteroatoms. The van der Waals surface area contributed by atoms with Crippen molar-refractivity contribution < 1.29 is 9.72 Å². The Morgan fingerprint density at radius 3 is 2.84 bits per heavy atom. The van der Waals surface area contributed by atoms with Crippen LogP contribution in [0.3, 0.4) is 0 Å². The lowest BCUT2D eigenvalue weighted by Crippen LogP contribution is -2.16. The minimum absolute atomic E-state index is 0.00720. The summed E-state index contributed by atoms with van der Waals surface area (Å²) >= 11 is 7.12.